The molecule has 0 aromatic heterocycles. The SMILES string of the molecule is ClCCl.O=C1CCC(=O)N1I. The predicted octanol–water partition coefficient (Wildman–Crippen LogP) is 1.91. The lowest BCUT2D eigenvalue weighted by Gasteiger charge is -1.97. The maximum atomic E-state index is 10.5. The molecule has 0 atom stereocenters. The standard InChI is InChI=1S/C4H4INO2.CH2Cl2/c5-6-3(7)1-2-4(6)8;2-1-3/h1-2H2;1H2. The van der Waals surface area contributed by atoms with Crippen molar-refractivity contribution in [2.75, 3.05) is 5.34 Å². The van der Waals surface area contributed by atoms with Gasteiger partial charge in [-0.1, -0.05) is 0 Å². The summed E-state index contributed by atoms with van der Waals surface area (Å²) in [6.45, 7) is 0. The Morgan fingerprint density at radius 2 is 1.55 bits per heavy atom. The van der Waals surface area contributed by atoms with Crippen LogP contribution >= 0.6 is 46.1 Å². The Labute approximate surface area is 88.5 Å². The van der Waals surface area contributed by atoms with E-state index in [1.165, 1.54) is 0 Å². The maximum Gasteiger partial charge on any atom is 0.238 e. The summed E-state index contributed by atoms with van der Waals surface area (Å²) in [5.74, 6) is -0.147. The lowest BCUT2D eigenvalue weighted by atomic mass is 10.4. The number of carbonyl (C=O) groups is 2. The van der Waals surface area contributed by atoms with Gasteiger partial charge in [0.1, 0.15) is 0 Å². The second-order valence-electron chi connectivity index (χ2n) is 1.67. The van der Waals surface area contributed by atoms with Crippen molar-refractivity contribution in [2.24, 2.45) is 0 Å². The van der Waals surface area contributed by atoms with Crippen molar-refractivity contribution in [3.8, 4) is 0 Å². The number of nitrogens with zero attached hydrogens (tertiary/aromatic N) is 1. The number of halogens is 3. The van der Waals surface area contributed by atoms with Crippen molar-refractivity contribution in [1.82, 2.24) is 3.11 Å². The third-order valence-corrected chi connectivity index (χ3v) is 2.07. The van der Waals surface area contributed by atoms with Gasteiger partial charge in [0.15, 0.2) is 0 Å². The van der Waals surface area contributed by atoms with Gasteiger partial charge in [-0.3, -0.25) is 9.59 Å². The van der Waals surface area contributed by atoms with Crippen molar-refractivity contribution in [3.63, 3.8) is 0 Å². The monoisotopic (exact) mass is 309 g/mol. The fraction of sp³-hybridized carbons (Fsp3) is 0.600. The zero-order valence-corrected chi connectivity index (χ0v) is 9.19. The van der Waals surface area contributed by atoms with E-state index in [0.717, 1.165) is 3.11 Å². The van der Waals surface area contributed by atoms with E-state index in [0.29, 0.717) is 12.8 Å². The summed E-state index contributed by atoms with van der Waals surface area (Å²) in [4.78, 5) is 21.0. The lowest BCUT2D eigenvalue weighted by molar-refractivity contribution is -0.130. The number of amides is 2. The van der Waals surface area contributed by atoms with Gasteiger partial charge in [-0.25, -0.2) is 3.11 Å². The largest absolute Gasteiger partial charge is 0.274 e. The Bertz CT molecular complexity index is 149. The van der Waals surface area contributed by atoms with Gasteiger partial charge in [0.2, 0.25) is 11.8 Å². The molecule has 1 saturated heterocycles. The second kappa shape index (κ2) is 6.02. The molecule has 64 valence electrons. The Balaban J connectivity index is 0.000000292. The molecule has 1 fully saturated rings. The molecular formula is C5H6Cl2INO2. The van der Waals surface area contributed by atoms with Gasteiger partial charge in [0.25, 0.3) is 0 Å². The highest BCUT2D eigenvalue weighted by molar-refractivity contribution is 14.1. The molecule has 0 radical (unpaired) electrons. The summed E-state index contributed by atoms with van der Waals surface area (Å²) in [7, 11) is 0. The average molecular weight is 310 g/mol. The van der Waals surface area contributed by atoms with Crippen LogP contribution < -0.4 is 0 Å². The highest BCUT2D eigenvalue weighted by atomic mass is 127. The molecule has 1 rings (SSSR count). The van der Waals surface area contributed by atoms with E-state index in [4.69, 9.17) is 23.2 Å². The molecule has 1 aliphatic rings. The highest BCUT2D eigenvalue weighted by Gasteiger charge is 2.26. The van der Waals surface area contributed by atoms with Gasteiger partial charge < -0.3 is 0 Å². The fourth-order valence-corrected chi connectivity index (χ4v) is 1.03. The summed E-state index contributed by atoms with van der Waals surface area (Å²) in [6, 6.07) is 0. The summed E-state index contributed by atoms with van der Waals surface area (Å²) in [5, 5.41) is 0.194. The first-order valence-corrected chi connectivity index (χ1v) is 4.80. The third-order valence-electron chi connectivity index (χ3n) is 0.991. The molecule has 0 aromatic rings. The molecule has 1 heterocycles. The molecule has 2 amide bonds. The van der Waals surface area contributed by atoms with Crippen LogP contribution in [-0.4, -0.2) is 20.3 Å². The van der Waals surface area contributed by atoms with Crippen LogP contribution in [0.1, 0.15) is 12.8 Å². The minimum Gasteiger partial charge on any atom is -0.274 e. The molecule has 0 bridgehead atoms. The van der Waals surface area contributed by atoms with Crippen molar-refractivity contribution in [1.29, 1.82) is 0 Å². The molecule has 0 spiro atoms. The van der Waals surface area contributed by atoms with Gasteiger partial charge in [-0.05, 0) is 0 Å². The summed E-state index contributed by atoms with van der Waals surface area (Å²) >= 11 is 11.2. The van der Waals surface area contributed by atoms with E-state index < -0.39 is 0 Å². The first-order chi connectivity index (χ1) is 5.13. The summed E-state index contributed by atoms with van der Waals surface area (Å²) in [5.41, 5.74) is 0. The number of hydrogen-bond donors (Lipinski definition) is 0. The van der Waals surface area contributed by atoms with Crippen LogP contribution in [0.25, 0.3) is 0 Å². The zero-order chi connectivity index (χ0) is 8.85. The number of alkyl halides is 2. The highest BCUT2D eigenvalue weighted by Crippen LogP contribution is 2.15. The van der Waals surface area contributed by atoms with Gasteiger partial charge in [-0.15, -0.1) is 23.2 Å². The normalized spacial score (nSPS) is 16.5. The Hall–Kier alpha value is 0.450. The molecule has 0 aliphatic carbocycles. The van der Waals surface area contributed by atoms with E-state index in [2.05, 4.69) is 0 Å². The van der Waals surface area contributed by atoms with Gasteiger partial charge >= 0.3 is 0 Å². The molecular weight excluding hydrogens is 304 g/mol. The van der Waals surface area contributed by atoms with Crippen LogP contribution in [0.2, 0.25) is 0 Å². The number of carbonyl (C=O) groups excluding carboxylic acids is 2. The van der Waals surface area contributed by atoms with E-state index in [1.807, 2.05) is 0 Å². The first kappa shape index (κ1) is 11.4. The van der Waals surface area contributed by atoms with Crippen LogP contribution in [0, 0.1) is 0 Å². The number of imide groups is 1. The Morgan fingerprint density at radius 3 is 1.64 bits per heavy atom. The summed E-state index contributed by atoms with van der Waals surface area (Å²) < 4.78 is 1.14. The van der Waals surface area contributed by atoms with Crippen LogP contribution in [0.5, 0.6) is 0 Å². The minimum absolute atomic E-state index is 0.0735. The van der Waals surface area contributed by atoms with Crippen LogP contribution in [0.3, 0.4) is 0 Å². The second-order valence-corrected chi connectivity index (χ2v) is 3.44. The van der Waals surface area contributed by atoms with Crippen LogP contribution in [0.15, 0.2) is 0 Å². The quantitative estimate of drug-likeness (QED) is 0.297. The molecule has 0 saturated carbocycles. The van der Waals surface area contributed by atoms with Crippen molar-refractivity contribution >= 4 is 57.9 Å². The average Bonchev–Trinajstić information content (AvgIpc) is 2.22. The molecule has 0 unspecified atom stereocenters. The van der Waals surface area contributed by atoms with Gasteiger partial charge in [-0.2, -0.15) is 0 Å². The minimum atomic E-state index is -0.0735. The predicted molar refractivity (Wildman–Crippen MR) is 51.7 cm³/mol. The van der Waals surface area contributed by atoms with Gasteiger partial charge in [0, 0.05) is 12.8 Å². The summed E-state index contributed by atoms with van der Waals surface area (Å²) in [6.07, 6.45) is 0.781. The van der Waals surface area contributed by atoms with Crippen LogP contribution in [-0.2, 0) is 9.59 Å². The molecule has 11 heavy (non-hydrogen) atoms. The number of rotatable bonds is 0. The van der Waals surface area contributed by atoms with Crippen molar-refractivity contribution < 1.29 is 9.59 Å². The van der Waals surface area contributed by atoms with E-state index >= 15 is 0 Å². The third kappa shape index (κ3) is 4.12. The van der Waals surface area contributed by atoms with Gasteiger partial charge in [0.05, 0.1) is 28.2 Å². The first-order valence-electron chi connectivity index (χ1n) is 2.77. The topological polar surface area (TPSA) is 37.4 Å². The van der Waals surface area contributed by atoms with Crippen molar-refractivity contribution in [3.05, 3.63) is 0 Å². The lowest BCUT2D eigenvalue weighted by Crippen LogP contribution is -2.16. The van der Waals surface area contributed by atoms with E-state index in [1.54, 1.807) is 22.9 Å². The molecule has 0 N–H and O–H groups in total. The van der Waals surface area contributed by atoms with Crippen molar-refractivity contribution in [2.45, 2.75) is 12.8 Å². The molecule has 6 heteroatoms. The fourth-order valence-electron chi connectivity index (χ4n) is 0.549. The molecule has 0 aromatic carbocycles. The maximum absolute atomic E-state index is 10.5. The smallest absolute Gasteiger partial charge is 0.238 e. The Kier molecular flexibility index (Phi) is 6.27. The zero-order valence-electron chi connectivity index (χ0n) is 5.52. The number of hydrogen-bond acceptors (Lipinski definition) is 2. The Morgan fingerprint density at radius 1 is 1.27 bits per heavy atom. The molecule has 1 aliphatic heterocycles. The van der Waals surface area contributed by atoms with E-state index in [9.17, 15) is 9.59 Å². The van der Waals surface area contributed by atoms with E-state index in [-0.39, 0.29) is 17.2 Å². The molecule has 3 nitrogen and oxygen atoms in total. The van der Waals surface area contributed by atoms with Crippen LogP contribution in [0.4, 0.5) is 0 Å².